The highest BCUT2D eigenvalue weighted by Gasteiger charge is 2.41. The number of pyridine rings is 1. The van der Waals surface area contributed by atoms with Crippen LogP contribution in [-0.2, 0) is 11.3 Å². The summed E-state index contributed by atoms with van der Waals surface area (Å²) >= 11 is 0. The lowest BCUT2D eigenvalue weighted by Crippen LogP contribution is -2.37. The van der Waals surface area contributed by atoms with Gasteiger partial charge in [-0.25, -0.2) is 4.98 Å². The van der Waals surface area contributed by atoms with E-state index in [9.17, 15) is 23.2 Å². The molecule has 4 heterocycles. The average Bonchev–Trinajstić information content (AvgIpc) is 3.33. The van der Waals surface area contributed by atoms with E-state index in [2.05, 4.69) is 16.2 Å². The van der Waals surface area contributed by atoms with Crippen LogP contribution in [0.15, 0.2) is 28.9 Å². The zero-order valence-electron chi connectivity index (χ0n) is 17.8. The molecule has 1 aromatic heterocycles. The summed E-state index contributed by atoms with van der Waals surface area (Å²) in [5.41, 5.74) is 0.985. The maximum Gasteiger partial charge on any atom is 0.432 e. The molecule has 170 valence electrons. The van der Waals surface area contributed by atoms with Crippen molar-refractivity contribution in [3.05, 3.63) is 40.9 Å². The van der Waals surface area contributed by atoms with E-state index in [0.717, 1.165) is 11.6 Å². The van der Waals surface area contributed by atoms with Gasteiger partial charge in [0.05, 0.1) is 18.7 Å². The van der Waals surface area contributed by atoms with Gasteiger partial charge in [-0.2, -0.15) is 18.4 Å². The molecule has 0 saturated carbocycles. The minimum absolute atomic E-state index is 0.0599. The van der Waals surface area contributed by atoms with Crippen molar-refractivity contribution in [2.75, 3.05) is 20.3 Å². The second-order valence-electron chi connectivity index (χ2n) is 8.48. The third kappa shape index (κ3) is 4.09. The van der Waals surface area contributed by atoms with Crippen LogP contribution in [0.25, 0.3) is 0 Å². The van der Waals surface area contributed by atoms with Crippen LogP contribution in [0.3, 0.4) is 0 Å². The number of nitriles is 1. The van der Waals surface area contributed by atoms with Gasteiger partial charge in [-0.3, -0.25) is 9.79 Å². The SMILES string of the molecule is COC[C@@H]1C[C@@H](N2Cc3ccc(C(C)C4C=NC(C(F)(F)F)=CC4)nc3C2=O)CN1C#N. The fourth-order valence-electron chi connectivity index (χ4n) is 4.63. The number of halogens is 3. The summed E-state index contributed by atoms with van der Waals surface area (Å²) in [5, 5.41) is 9.37. The number of allylic oxidation sites excluding steroid dienone is 2. The van der Waals surface area contributed by atoms with E-state index in [0.29, 0.717) is 37.5 Å². The molecule has 1 aromatic rings. The molecule has 1 saturated heterocycles. The molecule has 7 nitrogen and oxygen atoms in total. The number of aromatic nitrogens is 1. The minimum atomic E-state index is -4.45. The number of carbonyl (C=O) groups excluding carboxylic acids is 1. The standard InChI is InChI=1S/C22H24F3N5O2/c1-13(14-4-6-19(27-8-14)22(23,24)25)18-5-3-15-9-30(21(31)20(15)28-18)16-7-17(11-32-2)29(10-16)12-26/h3,5-6,8,13-14,16-17H,4,7,9-11H2,1-2H3/t13?,14?,16-,17+/m1/s1. The second kappa shape index (κ2) is 8.54. The molecule has 2 unspecified atom stereocenters. The lowest BCUT2D eigenvalue weighted by Gasteiger charge is -2.23. The molecule has 0 radical (unpaired) electrons. The van der Waals surface area contributed by atoms with Gasteiger partial charge in [-0.05, 0) is 18.9 Å². The predicted octanol–water partition coefficient (Wildman–Crippen LogP) is 3.25. The Kier molecular flexibility index (Phi) is 5.95. The average molecular weight is 447 g/mol. The number of carbonyl (C=O) groups is 1. The van der Waals surface area contributed by atoms with Gasteiger partial charge < -0.3 is 14.5 Å². The number of rotatable bonds is 5. The summed E-state index contributed by atoms with van der Waals surface area (Å²) < 4.78 is 43.6. The molecular weight excluding hydrogens is 423 g/mol. The third-order valence-corrected chi connectivity index (χ3v) is 6.51. The maximum absolute atomic E-state index is 13.1. The van der Waals surface area contributed by atoms with Gasteiger partial charge >= 0.3 is 6.18 Å². The largest absolute Gasteiger partial charge is 0.432 e. The molecule has 4 rings (SSSR count). The Morgan fingerprint density at radius 3 is 2.78 bits per heavy atom. The van der Waals surface area contributed by atoms with Crippen LogP contribution >= 0.6 is 0 Å². The number of likely N-dealkylation sites (tertiary alicyclic amines) is 1. The molecule has 1 amide bonds. The number of ether oxygens (including phenoxy) is 1. The Morgan fingerprint density at radius 1 is 1.38 bits per heavy atom. The number of hydrogen-bond acceptors (Lipinski definition) is 6. The van der Waals surface area contributed by atoms with Crippen LogP contribution in [0.4, 0.5) is 13.2 Å². The molecule has 10 heteroatoms. The minimum Gasteiger partial charge on any atom is -0.383 e. The Hall–Kier alpha value is -2.93. The highest BCUT2D eigenvalue weighted by atomic mass is 19.4. The smallest absolute Gasteiger partial charge is 0.383 e. The topological polar surface area (TPSA) is 81.8 Å². The Morgan fingerprint density at radius 2 is 2.16 bits per heavy atom. The van der Waals surface area contributed by atoms with Crippen molar-refractivity contribution < 1.29 is 22.7 Å². The number of fused-ring (bicyclic) bond motifs is 1. The van der Waals surface area contributed by atoms with Crippen LogP contribution in [-0.4, -0.2) is 65.4 Å². The van der Waals surface area contributed by atoms with E-state index in [1.54, 1.807) is 16.9 Å². The monoisotopic (exact) mass is 447 g/mol. The molecule has 0 aliphatic carbocycles. The Bertz CT molecular complexity index is 1000. The molecule has 3 aliphatic heterocycles. The number of amides is 1. The number of nitrogens with zero attached hydrogens (tertiary/aromatic N) is 5. The number of hydrogen-bond donors (Lipinski definition) is 0. The first-order valence-electron chi connectivity index (χ1n) is 10.5. The Balaban J connectivity index is 1.47. The van der Waals surface area contributed by atoms with Gasteiger partial charge in [0, 0.05) is 49.5 Å². The summed E-state index contributed by atoms with van der Waals surface area (Å²) in [6.07, 6.45) is 1.03. The van der Waals surface area contributed by atoms with E-state index >= 15 is 0 Å². The van der Waals surface area contributed by atoms with Crippen molar-refractivity contribution in [2.24, 2.45) is 10.9 Å². The summed E-state index contributed by atoms with van der Waals surface area (Å²) in [5.74, 6) is -0.594. The predicted molar refractivity (Wildman–Crippen MR) is 110 cm³/mol. The second-order valence-corrected chi connectivity index (χ2v) is 8.48. The van der Waals surface area contributed by atoms with Crippen molar-refractivity contribution in [2.45, 2.75) is 50.5 Å². The van der Waals surface area contributed by atoms with E-state index in [4.69, 9.17) is 4.74 Å². The molecule has 0 N–H and O–H groups in total. The van der Waals surface area contributed by atoms with E-state index in [-0.39, 0.29) is 36.2 Å². The Labute approximate surface area is 184 Å². The van der Waals surface area contributed by atoms with Gasteiger partial charge in [0.25, 0.3) is 5.91 Å². The molecule has 32 heavy (non-hydrogen) atoms. The van der Waals surface area contributed by atoms with Crippen LogP contribution in [0.5, 0.6) is 0 Å². The summed E-state index contributed by atoms with van der Waals surface area (Å²) in [6.45, 7) is 3.19. The molecule has 1 fully saturated rings. The van der Waals surface area contributed by atoms with Crippen molar-refractivity contribution >= 4 is 12.1 Å². The molecule has 0 bridgehead atoms. The first-order valence-corrected chi connectivity index (χ1v) is 10.5. The fourth-order valence-corrected chi connectivity index (χ4v) is 4.63. The van der Waals surface area contributed by atoms with Gasteiger partial charge in [0.2, 0.25) is 0 Å². The van der Waals surface area contributed by atoms with Crippen molar-refractivity contribution in [1.29, 1.82) is 5.26 Å². The molecule has 3 aliphatic rings. The number of aliphatic imine (C=N–C) groups is 1. The van der Waals surface area contributed by atoms with Crippen molar-refractivity contribution in [1.82, 2.24) is 14.8 Å². The van der Waals surface area contributed by atoms with Crippen molar-refractivity contribution in [3.8, 4) is 6.19 Å². The zero-order chi connectivity index (χ0) is 23.0. The van der Waals surface area contributed by atoms with Gasteiger partial charge in [-0.1, -0.05) is 19.1 Å². The zero-order valence-corrected chi connectivity index (χ0v) is 17.8. The van der Waals surface area contributed by atoms with Gasteiger partial charge in [0.15, 0.2) is 6.19 Å². The maximum atomic E-state index is 13.1. The molecule has 0 aromatic carbocycles. The summed E-state index contributed by atoms with van der Waals surface area (Å²) in [7, 11) is 1.59. The van der Waals surface area contributed by atoms with Crippen LogP contribution < -0.4 is 0 Å². The van der Waals surface area contributed by atoms with E-state index < -0.39 is 11.9 Å². The first kappa shape index (κ1) is 22.3. The highest BCUT2D eigenvalue weighted by Crippen LogP contribution is 2.35. The lowest BCUT2D eigenvalue weighted by molar-refractivity contribution is -0.0928. The number of methoxy groups -OCH3 is 1. The van der Waals surface area contributed by atoms with Crippen molar-refractivity contribution in [3.63, 3.8) is 0 Å². The summed E-state index contributed by atoms with van der Waals surface area (Å²) in [6, 6.07) is 3.54. The molecular formula is C22H24F3N5O2. The fraction of sp³-hybridized carbons (Fsp3) is 0.545. The normalized spacial score (nSPS) is 26.2. The highest BCUT2D eigenvalue weighted by molar-refractivity contribution is 5.96. The summed E-state index contributed by atoms with van der Waals surface area (Å²) in [4.78, 5) is 24.7. The van der Waals surface area contributed by atoms with Gasteiger partial charge in [0.1, 0.15) is 11.4 Å². The van der Waals surface area contributed by atoms with Crippen LogP contribution in [0.2, 0.25) is 0 Å². The van der Waals surface area contributed by atoms with E-state index in [1.807, 2.05) is 19.1 Å². The molecule has 4 atom stereocenters. The van der Waals surface area contributed by atoms with Crippen LogP contribution in [0, 0.1) is 17.4 Å². The lowest BCUT2D eigenvalue weighted by atomic mass is 9.87. The third-order valence-electron chi connectivity index (χ3n) is 6.51. The van der Waals surface area contributed by atoms with Gasteiger partial charge in [-0.15, -0.1) is 0 Å². The van der Waals surface area contributed by atoms with E-state index in [1.165, 1.54) is 6.21 Å². The molecule has 0 spiro atoms. The van der Waals surface area contributed by atoms with Crippen LogP contribution in [0.1, 0.15) is 47.4 Å². The quantitative estimate of drug-likeness (QED) is 0.648. The number of alkyl halides is 3. The first-order chi connectivity index (χ1) is 15.2.